The Kier molecular flexibility index (Phi) is 14.7. The number of ether oxygens (including phenoxy) is 2. The highest BCUT2D eigenvalue weighted by Crippen LogP contribution is 2.20. The minimum absolute atomic E-state index is 0. The fourth-order valence-electron chi connectivity index (χ4n) is 2.55. The van der Waals surface area contributed by atoms with Gasteiger partial charge in [-0.3, -0.25) is 9.79 Å². The van der Waals surface area contributed by atoms with Gasteiger partial charge < -0.3 is 20.1 Å². The van der Waals surface area contributed by atoms with Gasteiger partial charge in [-0.2, -0.15) is 0 Å². The lowest BCUT2D eigenvalue weighted by molar-refractivity contribution is -0.140. The SMILES string of the molecule is CCOc1cc(C)ccc1CNC(=NC)NCCCCCCC(=O)OC.I. The van der Waals surface area contributed by atoms with E-state index in [0.717, 1.165) is 49.5 Å². The molecular formula is C20H34IN3O3. The predicted molar refractivity (Wildman–Crippen MR) is 121 cm³/mol. The van der Waals surface area contributed by atoms with Crippen molar-refractivity contribution >= 4 is 35.9 Å². The van der Waals surface area contributed by atoms with Crippen LogP contribution in [0.15, 0.2) is 23.2 Å². The standard InChI is InChI=1S/C20H33N3O3.HI/c1-5-26-18-14-16(2)11-12-17(18)15-23-20(21-3)22-13-9-7-6-8-10-19(24)25-4;/h11-12,14H,5-10,13,15H2,1-4H3,(H2,21,22,23);1H. The largest absolute Gasteiger partial charge is 0.494 e. The first-order valence-corrected chi connectivity index (χ1v) is 9.34. The summed E-state index contributed by atoms with van der Waals surface area (Å²) in [5, 5.41) is 6.65. The lowest BCUT2D eigenvalue weighted by Gasteiger charge is -2.15. The van der Waals surface area contributed by atoms with E-state index in [0.29, 0.717) is 19.6 Å². The molecule has 0 atom stereocenters. The molecule has 7 heteroatoms. The number of esters is 1. The van der Waals surface area contributed by atoms with Crippen LogP contribution in [-0.2, 0) is 16.1 Å². The maximum Gasteiger partial charge on any atom is 0.305 e. The van der Waals surface area contributed by atoms with Crippen molar-refractivity contribution in [3.8, 4) is 5.75 Å². The zero-order chi connectivity index (χ0) is 19.2. The Morgan fingerprint density at radius 2 is 1.89 bits per heavy atom. The van der Waals surface area contributed by atoms with E-state index in [4.69, 9.17) is 4.74 Å². The Morgan fingerprint density at radius 3 is 2.56 bits per heavy atom. The quantitative estimate of drug-likeness (QED) is 0.162. The summed E-state index contributed by atoms with van der Waals surface area (Å²) >= 11 is 0. The van der Waals surface area contributed by atoms with Gasteiger partial charge in [0.15, 0.2) is 5.96 Å². The highest BCUT2D eigenvalue weighted by Gasteiger charge is 2.05. The molecule has 27 heavy (non-hydrogen) atoms. The summed E-state index contributed by atoms with van der Waals surface area (Å²) in [4.78, 5) is 15.3. The second-order valence-corrected chi connectivity index (χ2v) is 6.14. The molecule has 154 valence electrons. The van der Waals surface area contributed by atoms with E-state index in [1.807, 2.05) is 6.92 Å². The Bertz CT molecular complexity index is 580. The van der Waals surface area contributed by atoms with Crippen LogP contribution in [0, 0.1) is 6.92 Å². The van der Waals surface area contributed by atoms with E-state index in [9.17, 15) is 4.79 Å². The molecule has 0 bridgehead atoms. The molecule has 6 nitrogen and oxygen atoms in total. The molecule has 0 amide bonds. The molecule has 0 aliphatic rings. The number of hydrogen-bond acceptors (Lipinski definition) is 4. The number of aryl methyl sites for hydroxylation is 1. The van der Waals surface area contributed by atoms with Gasteiger partial charge in [0.1, 0.15) is 5.75 Å². The van der Waals surface area contributed by atoms with Gasteiger partial charge >= 0.3 is 5.97 Å². The number of aliphatic imine (C=N–C) groups is 1. The number of halogens is 1. The van der Waals surface area contributed by atoms with Crippen LogP contribution in [0.3, 0.4) is 0 Å². The van der Waals surface area contributed by atoms with E-state index in [-0.39, 0.29) is 29.9 Å². The van der Waals surface area contributed by atoms with Crippen LogP contribution in [0.1, 0.15) is 50.2 Å². The highest BCUT2D eigenvalue weighted by molar-refractivity contribution is 14.0. The van der Waals surface area contributed by atoms with Crippen LogP contribution in [0.2, 0.25) is 0 Å². The molecule has 0 saturated carbocycles. The van der Waals surface area contributed by atoms with E-state index in [2.05, 4.69) is 45.5 Å². The Labute approximate surface area is 180 Å². The van der Waals surface area contributed by atoms with Crippen LogP contribution in [0.5, 0.6) is 5.75 Å². The Balaban J connectivity index is 0.00000676. The molecule has 0 aromatic heterocycles. The maximum absolute atomic E-state index is 11.0. The first kappa shape index (κ1) is 25.5. The zero-order valence-corrected chi connectivity index (χ0v) is 19.3. The third kappa shape index (κ3) is 11.0. The number of nitrogens with one attached hydrogen (secondary N) is 2. The van der Waals surface area contributed by atoms with Crippen LogP contribution in [0.4, 0.5) is 0 Å². The summed E-state index contributed by atoms with van der Waals surface area (Å²) in [5.41, 5.74) is 2.30. The molecule has 0 saturated heterocycles. The van der Waals surface area contributed by atoms with E-state index >= 15 is 0 Å². The van der Waals surface area contributed by atoms with Crippen molar-refractivity contribution in [3.63, 3.8) is 0 Å². The minimum Gasteiger partial charge on any atom is -0.494 e. The molecule has 0 aliphatic carbocycles. The number of nitrogens with zero attached hydrogens (tertiary/aromatic N) is 1. The number of guanidine groups is 1. The first-order valence-electron chi connectivity index (χ1n) is 9.34. The van der Waals surface area contributed by atoms with Crippen molar-refractivity contribution in [1.29, 1.82) is 0 Å². The van der Waals surface area contributed by atoms with Gasteiger partial charge in [0.2, 0.25) is 0 Å². The second-order valence-electron chi connectivity index (χ2n) is 6.14. The van der Waals surface area contributed by atoms with E-state index < -0.39 is 0 Å². The molecule has 0 radical (unpaired) electrons. The fourth-order valence-corrected chi connectivity index (χ4v) is 2.55. The summed E-state index contributed by atoms with van der Waals surface area (Å²) in [7, 11) is 3.20. The molecule has 1 aromatic rings. The van der Waals surface area contributed by atoms with E-state index in [1.54, 1.807) is 7.05 Å². The number of hydrogen-bond donors (Lipinski definition) is 2. The second kappa shape index (κ2) is 15.5. The minimum atomic E-state index is -0.129. The summed E-state index contributed by atoms with van der Waals surface area (Å²) in [5.74, 6) is 1.57. The number of carbonyl (C=O) groups excluding carboxylic acids is 1. The zero-order valence-electron chi connectivity index (χ0n) is 17.0. The summed E-state index contributed by atoms with van der Waals surface area (Å²) in [6.07, 6.45) is 4.53. The Hall–Kier alpha value is -1.51. The molecule has 0 unspecified atom stereocenters. The molecule has 1 rings (SSSR count). The predicted octanol–water partition coefficient (Wildman–Crippen LogP) is 3.80. The molecule has 0 aliphatic heterocycles. The van der Waals surface area contributed by atoms with Gasteiger partial charge in [-0.1, -0.05) is 25.0 Å². The third-order valence-corrected chi connectivity index (χ3v) is 4.02. The lowest BCUT2D eigenvalue weighted by atomic mass is 10.1. The van der Waals surface area contributed by atoms with Gasteiger partial charge in [-0.25, -0.2) is 0 Å². The van der Waals surface area contributed by atoms with Crippen molar-refractivity contribution in [2.75, 3.05) is 27.3 Å². The van der Waals surface area contributed by atoms with Gasteiger partial charge in [-0.15, -0.1) is 24.0 Å². The number of methoxy groups -OCH3 is 1. The molecular weight excluding hydrogens is 457 g/mol. The third-order valence-electron chi connectivity index (χ3n) is 4.02. The normalized spacial score (nSPS) is 10.7. The van der Waals surface area contributed by atoms with Crippen molar-refractivity contribution in [1.82, 2.24) is 10.6 Å². The monoisotopic (exact) mass is 491 g/mol. The smallest absolute Gasteiger partial charge is 0.305 e. The van der Waals surface area contributed by atoms with Gasteiger partial charge in [0, 0.05) is 32.1 Å². The molecule has 0 spiro atoms. The number of rotatable bonds is 11. The van der Waals surface area contributed by atoms with Crippen LogP contribution in [0.25, 0.3) is 0 Å². The number of benzene rings is 1. The first-order chi connectivity index (χ1) is 12.6. The topological polar surface area (TPSA) is 72.0 Å². The molecule has 0 heterocycles. The average molecular weight is 491 g/mol. The maximum atomic E-state index is 11.0. The van der Waals surface area contributed by atoms with Crippen molar-refractivity contribution in [3.05, 3.63) is 29.3 Å². The summed E-state index contributed by atoms with van der Waals surface area (Å²) < 4.78 is 10.3. The van der Waals surface area contributed by atoms with Gasteiger partial charge in [0.25, 0.3) is 0 Å². The highest BCUT2D eigenvalue weighted by atomic mass is 127. The van der Waals surface area contributed by atoms with Gasteiger partial charge in [0.05, 0.1) is 13.7 Å². The number of carbonyl (C=O) groups is 1. The molecule has 0 fully saturated rings. The molecule has 2 N–H and O–H groups in total. The van der Waals surface area contributed by atoms with Crippen molar-refractivity contribution in [2.24, 2.45) is 4.99 Å². The van der Waals surface area contributed by atoms with Crippen molar-refractivity contribution < 1.29 is 14.3 Å². The number of unbranched alkanes of at least 4 members (excludes halogenated alkanes) is 3. The average Bonchev–Trinajstić information content (AvgIpc) is 2.64. The summed E-state index contributed by atoms with van der Waals surface area (Å²) in [6.45, 7) is 6.22. The lowest BCUT2D eigenvalue weighted by Crippen LogP contribution is -2.37. The summed E-state index contributed by atoms with van der Waals surface area (Å²) in [6, 6.07) is 6.23. The fraction of sp³-hybridized carbons (Fsp3) is 0.600. The molecule has 1 aromatic carbocycles. The Morgan fingerprint density at radius 1 is 1.15 bits per heavy atom. The van der Waals surface area contributed by atoms with E-state index in [1.165, 1.54) is 12.7 Å². The van der Waals surface area contributed by atoms with Crippen molar-refractivity contribution in [2.45, 2.75) is 52.5 Å². The van der Waals surface area contributed by atoms with Crippen LogP contribution < -0.4 is 15.4 Å². The van der Waals surface area contributed by atoms with Crippen LogP contribution in [-0.4, -0.2) is 39.2 Å². The van der Waals surface area contributed by atoms with Crippen LogP contribution >= 0.6 is 24.0 Å². The van der Waals surface area contributed by atoms with Gasteiger partial charge in [-0.05, 0) is 38.3 Å².